The Hall–Kier alpha value is -4.76. The molecular weight excluding hydrogens is 564 g/mol. The average molecular weight is 603 g/mol. The van der Waals surface area contributed by atoms with Gasteiger partial charge in [-0.1, -0.05) is 6.07 Å². The molecule has 0 amide bonds. The number of aliphatic hydroxyl groups excluding tert-OH is 1. The van der Waals surface area contributed by atoms with Crippen molar-refractivity contribution in [3.05, 3.63) is 93.5 Å². The van der Waals surface area contributed by atoms with Gasteiger partial charge in [-0.05, 0) is 107 Å². The fraction of sp³-hybridized carbons (Fsp3) is 0.314. The maximum atomic E-state index is 10.6. The maximum Gasteiger partial charge on any atom is 0.161 e. The van der Waals surface area contributed by atoms with Gasteiger partial charge in [-0.2, -0.15) is 0 Å². The number of hydrogen-bond acceptors (Lipinski definition) is 9. The molecule has 0 bridgehead atoms. The van der Waals surface area contributed by atoms with E-state index in [4.69, 9.17) is 28.4 Å². The minimum atomic E-state index is -0.0710. The molecule has 9 heteroatoms. The summed E-state index contributed by atoms with van der Waals surface area (Å²) in [6.07, 6.45) is 2.28. The first-order valence-corrected chi connectivity index (χ1v) is 14.4. The summed E-state index contributed by atoms with van der Waals surface area (Å²) in [7, 11) is 6.24. The van der Waals surface area contributed by atoms with Crippen LogP contribution in [-0.2, 0) is 25.9 Å². The molecule has 0 aromatic heterocycles. The van der Waals surface area contributed by atoms with E-state index < -0.39 is 0 Å². The molecule has 0 spiro atoms. The lowest BCUT2D eigenvalue weighted by Crippen LogP contribution is -2.08. The monoisotopic (exact) mass is 602 g/mol. The SMILES string of the molecule is COc1cc2c(cc1O)Cc1cc(OC)c(OCCCOc3ccc(CO)cc3OC)cc1Cc1cc(OC)c(O)cc1C2. The fourth-order valence-electron chi connectivity index (χ4n) is 5.51. The molecule has 0 heterocycles. The van der Waals surface area contributed by atoms with Gasteiger partial charge >= 0.3 is 0 Å². The van der Waals surface area contributed by atoms with Crippen LogP contribution in [0.4, 0.5) is 0 Å². The Labute approximate surface area is 257 Å². The highest BCUT2D eigenvalue weighted by Gasteiger charge is 2.21. The van der Waals surface area contributed by atoms with E-state index in [-0.39, 0.29) is 18.1 Å². The Morgan fingerprint density at radius 3 is 1.39 bits per heavy atom. The molecule has 9 nitrogen and oxygen atoms in total. The number of rotatable bonds is 11. The van der Waals surface area contributed by atoms with E-state index in [0.29, 0.717) is 73.4 Å². The van der Waals surface area contributed by atoms with E-state index in [0.717, 1.165) is 38.9 Å². The maximum absolute atomic E-state index is 10.6. The fourth-order valence-corrected chi connectivity index (χ4v) is 5.51. The van der Waals surface area contributed by atoms with Gasteiger partial charge in [0.1, 0.15) is 0 Å². The first-order valence-electron chi connectivity index (χ1n) is 14.4. The number of benzene rings is 4. The molecule has 44 heavy (non-hydrogen) atoms. The lowest BCUT2D eigenvalue weighted by molar-refractivity contribution is 0.234. The van der Waals surface area contributed by atoms with Gasteiger partial charge < -0.3 is 43.7 Å². The summed E-state index contributed by atoms with van der Waals surface area (Å²) in [6.45, 7) is 0.724. The van der Waals surface area contributed by atoms with Gasteiger partial charge in [0.2, 0.25) is 0 Å². The Balaban J connectivity index is 1.42. The van der Waals surface area contributed by atoms with Crippen LogP contribution >= 0.6 is 0 Å². The second-order valence-electron chi connectivity index (χ2n) is 10.6. The van der Waals surface area contributed by atoms with E-state index in [1.54, 1.807) is 44.6 Å². The lowest BCUT2D eigenvalue weighted by atomic mass is 9.94. The van der Waals surface area contributed by atoms with Gasteiger partial charge in [0.15, 0.2) is 46.0 Å². The van der Waals surface area contributed by atoms with Gasteiger partial charge in [-0.15, -0.1) is 0 Å². The summed E-state index contributed by atoms with van der Waals surface area (Å²) in [5.41, 5.74) is 6.69. The predicted octanol–water partition coefficient (Wildman–Crippen LogP) is 5.56. The average Bonchev–Trinajstić information content (AvgIpc) is 3.09. The highest BCUT2D eigenvalue weighted by Crippen LogP contribution is 2.40. The molecule has 5 rings (SSSR count). The van der Waals surface area contributed by atoms with Gasteiger partial charge in [-0.3, -0.25) is 0 Å². The third kappa shape index (κ3) is 6.58. The standard InChI is InChI=1S/C35H38O9/c1-39-31-16-24-11-22-14-28(37)32(40-2)17-25(22)13-27-19-35(34(42-4)18-26(27)12-23(24)15-29(31)38)44-9-5-8-43-30-7-6-21(20-36)10-33(30)41-3/h6-7,10,14-19,36-38H,5,8-9,11-13,20H2,1-4H3. The van der Waals surface area contributed by atoms with Crippen LogP contribution < -0.4 is 28.4 Å². The molecule has 0 aliphatic heterocycles. The number of fused-ring (bicyclic) bond motifs is 3. The first-order chi connectivity index (χ1) is 21.4. The molecule has 0 saturated heterocycles. The molecule has 0 radical (unpaired) electrons. The van der Waals surface area contributed by atoms with Gasteiger partial charge in [0.05, 0.1) is 48.3 Å². The Bertz CT molecular complexity index is 1620. The normalized spacial score (nSPS) is 12.0. The summed E-state index contributed by atoms with van der Waals surface area (Å²) in [5.74, 6) is 3.32. The number of ether oxygens (including phenoxy) is 6. The topological polar surface area (TPSA) is 116 Å². The third-order valence-corrected chi connectivity index (χ3v) is 7.85. The van der Waals surface area contributed by atoms with Crippen LogP contribution in [0.5, 0.6) is 46.0 Å². The molecule has 1 aliphatic rings. The van der Waals surface area contributed by atoms with Crippen molar-refractivity contribution in [2.45, 2.75) is 32.3 Å². The van der Waals surface area contributed by atoms with Crippen LogP contribution in [0.25, 0.3) is 0 Å². The van der Waals surface area contributed by atoms with Crippen molar-refractivity contribution in [2.24, 2.45) is 0 Å². The Kier molecular flexibility index (Phi) is 9.55. The number of aliphatic hydroxyl groups is 1. The quantitative estimate of drug-likeness (QED) is 0.167. The van der Waals surface area contributed by atoms with Crippen molar-refractivity contribution < 1.29 is 43.7 Å². The minimum absolute atomic E-state index is 0.0703. The van der Waals surface area contributed by atoms with Crippen LogP contribution in [0.2, 0.25) is 0 Å². The smallest absolute Gasteiger partial charge is 0.161 e. The van der Waals surface area contributed by atoms with E-state index in [1.165, 1.54) is 14.2 Å². The zero-order valence-electron chi connectivity index (χ0n) is 25.4. The number of phenolic OH excluding ortho intramolecular Hbond substituents is 2. The predicted molar refractivity (Wildman–Crippen MR) is 165 cm³/mol. The van der Waals surface area contributed by atoms with Crippen molar-refractivity contribution in [1.29, 1.82) is 0 Å². The van der Waals surface area contributed by atoms with E-state index in [9.17, 15) is 15.3 Å². The van der Waals surface area contributed by atoms with Gasteiger partial charge in [0.25, 0.3) is 0 Å². The summed E-state index contributed by atoms with van der Waals surface area (Å²) >= 11 is 0. The molecular formula is C35H38O9. The van der Waals surface area contributed by atoms with Crippen LogP contribution in [0.1, 0.15) is 45.4 Å². The second-order valence-corrected chi connectivity index (χ2v) is 10.6. The first kappa shape index (κ1) is 30.7. The molecule has 4 aromatic rings. The van der Waals surface area contributed by atoms with E-state index >= 15 is 0 Å². The van der Waals surface area contributed by atoms with Crippen LogP contribution in [0.15, 0.2) is 54.6 Å². The van der Waals surface area contributed by atoms with Crippen molar-refractivity contribution in [2.75, 3.05) is 41.7 Å². The summed E-state index contributed by atoms with van der Waals surface area (Å²) in [6, 6.07) is 16.5. The number of hydrogen-bond donors (Lipinski definition) is 3. The Morgan fingerprint density at radius 2 is 0.909 bits per heavy atom. The molecule has 0 unspecified atom stereocenters. The number of methoxy groups -OCH3 is 4. The van der Waals surface area contributed by atoms with E-state index in [2.05, 4.69) is 0 Å². The van der Waals surface area contributed by atoms with Crippen molar-refractivity contribution in [3.63, 3.8) is 0 Å². The van der Waals surface area contributed by atoms with Gasteiger partial charge in [-0.25, -0.2) is 0 Å². The highest BCUT2D eigenvalue weighted by molar-refractivity contribution is 5.57. The molecule has 232 valence electrons. The summed E-state index contributed by atoms with van der Waals surface area (Å²) < 4.78 is 34.1. The van der Waals surface area contributed by atoms with Crippen LogP contribution in [-0.4, -0.2) is 57.0 Å². The van der Waals surface area contributed by atoms with Crippen molar-refractivity contribution in [3.8, 4) is 46.0 Å². The van der Waals surface area contributed by atoms with Crippen molar-refractivity contribution >= 4 is 0 Å². The molecule has 1 aliphatic carbocycles. The number of aromatic hydroxyl groups is 2. The van der Waals surface area contributed by atoms with Crippen LogP contribution in [0.3, 0.4) is 0 Å². The lowest BCUT2D eigenvalue weighted by Gasteiger charge is -2.18. The molecule has 0 saturated carbocycles. The molecule has 0 atom stereocenters. The van der Waals surface area contributed by atoms with Gasteiger partial charge in [0, 0.05) is 6.42 Å². The zero-order chi connectivity index (χ0) is 31.2. The number of phenols is 2. The Morgan fingerprint density at radius 1 is 0.500 bits per heavy atom. The minimum Gasteiger partial charge on any atom is -0.504 e. The van der Waals surface area contributed by atoms with Crippen LogP contribution in [0, 0.1) is 0 Å². The molecule has 0 fully saturated rings. The highest BCUT2D eigenvalue weighted by atomic mass is 16.5. The zero-order valence-corrected chi connectivity index (χ0v) is 25.4. The molecule has 3 N–H and O–H groups in total. The largest absolute Gasteiger partial charge is 0.504 e. The summed E-state index contributed by atoms with van der Waals surface area (Å²) in [5, 5.41) is 30.6. The third-order valence-electron chi connectivity index (χ3n) is 7.85. The second kappa shape index (κ2) is 13.7. The molecule has 4 aromatic carbocycles. The summed E-state index contributed by atoms with van der Waals surface area (Å²) in [4.78, 5) is 0. The van der Waals surface area contributed by atoms with E-state index in [1.807, 2.05) is 24.3 Å². The van der Waals surface area contributed by atoms with Crippen molar-refractivity contribution in [1.82, 2.24) is 0 Å².